The minimum absolute atomic E-state index is 0.153. The number of allylic oxidation sites excluding steroid dienone is 3. The molecule has 1 aromatic carbocycles. The SMILES string of the molecule is O=C(/C=C/C1CC=CCC1)Nc1nnc(SCc2ccc(Cl)cc2)s1. The molecular weight excluding hydrogens is 374 g/mol. The Morgan fingerprint density at radius 2 is 2.16 bits per heavy atom. The van der Waals surface area contributed by atoms with E-state index in [-0.39, 0.29) is 5.91 Å². The van der Waals surface area contributed by atoms with Gasteiger partial charge in [0.15, 0.2) is 4.34 Å². The molecule has 0 aliphatic heterocycles. The summed E-state index contributed by atoms with van der Waals surface area (Å²) in [6.07, 6.45) is 11.1. The van der Waals surface area contributed by atoms with Crippen LogP contribution in [0.3, 0.4) is 0 Å². The highest BCUT2D eigenvalue weighted by atomic mass is 35.5. The van der Waals surface area contributed by atoms with Crippen molar-refractivity contribution in [2.24, 2.45) is 5.92 Å². The first-order valence-corrected chi connectivity index (χ1v) is 10.2. The maximum Gasteiger partial charge on any atom is 0.249 e. The fraction of sp³-hybridized carbons (Fsp3) is 0.278. The molecule has 25 heavy (non-hydrogen) atoms. The quantitative estimate of drug-likeness (QED) is 0.312. The van der Waals surface area contributed by atoms with E-state index in [1.54, 1.807) is 17.8 Å². The van der Waals surface area contributed by atoms with Crippen molar-refractivity contribution >= 4 is 45.7 Å². The van der Waals surface area contributed by atoms with E-state index in [0.717, 1.165) is 34.4 Å². The monoisotopic (exact) mass is 391 g/mol. The van der Waals surface area contributed by atoms with E-state index in [4.69, 9.17) is 11.6 Å². The van der Waals surface area contributed by atoms with Gasteiger partial charge in [-0.3, -0.25) is 10.1 Å². The Morgan fingerprint density at radius 1 is 1.32 bits per heavy atom. The molecule has 3 rings (SSSR count). The minimum Gasteiger partial charge on any atom is -0.297 e. The van der Waals surface area contributed by atoms with Gasteiger partial charge in [-0.1, -0.05) is 65.1 Å². The topological polar surface area (TPSA) is 54.9 Å². The zero-order valence-electron chi connectivity index (χ0n) is 13.5. The first kappa shape index (κ1) is 18.2. The van der Waals surface area contributed by atoms with Crippen LogP contribution in [0.15, 0.2) is 52.9 Å². The van der Waals surface area contributed by atoms with E-state index in [0.29, 0.717) is 11.0 Å². The normalized spacial score (nSPS) is 17.1. The zero-order chi connectivity index (χ0) is 17.5. The minimum atomic E-state index is -0.153. The van der Waals surface area contributed by atoms with E-state index >= 15 is 0 Å². The molecule has 2 aromatic rings. The van der Waals surface area contributed by atoms with Crippen molar-refractivity contribution in [1.29, 1.82) is 0 Å². The lowest BCUT2D eigenvalue weighted by Gasteiger charge is -2.12. The summed E-state index contributed by atoms with van der Waals surface area (Å²) in [7, 11) is 0. The summed E-state index contributed by atoms with van der Waals surface area (Å²) in [5.74, 6) is 1.09. The lowest BCUT2D eigenvalue weighted by molar-refractivity contribution is -0.111. The molecule has 7 heteroatoms. The van der Waals surface area contributed by atoms with Crippen molar-refractivity contribution in [3.05, 3.63) is 59.2 Å². The van der Waals surface area contributed by atoms with Crippen LogP contribution in [0.2, 0.25) is 5.02 Å². The molecule has 0 fully saturated rings. The lowest BCUT2D eigenvalue weighted by atomic mass is 9.94. The molecule has 1 aromatic heterocycles. The Hall–Kier alpha value is -1.63. The summed E-state index contributed by atoms with van der Waals surface area (Å²) in [6, 6.07) is 7.73. The van der Waals surface area contributed by atoms with Crippen LogP contribution in [0, 0.1) is 5.92 Å². The summed E-state index contributed by atoms with van der Waals surface area (Å²) in [6.45, 7) is 0. The molecular formula is C18H18ClN3OS2. The Balaban J connectivity index is 1.47. The zero-order valence-corrected chi connectivity index (χ0v) is 15.9. The highest BCUT2D eigenvalue weighted by Crippen LogP contribution is 2.28. The summed E-state index contributed by atoms with van der Waals surface area (Å²) in [5.41, 5.74) is 1.17. The Bertz CT molecular complexity index is 771. The molecule has 0 saturated heterocycles. The number of halogens is 1. The summed E-state index contributed by atoms with van der Waals surface area (Å²) >= 11 is 8.85. The Morgan fingerprint density at radius 3 is 2.92 bits per heavy atom. The standard InChI is InChI=1S/C18H18ClN3OS2/c19-15-9-6-14(7-10-15)12-24-18-22-21-17(25-18)20-16(23)11-8-13-4-2-1-3-5-13/h1-2,6-11,13H,3-5,12H2,(H,20,21,23)/b11-8+. The van der Waals surface area contributed by atoms with Crippen molar-refractivity contribution < 1.29 is 4.79 Å². The highest BCUT2D eigenvalue weighted by molar-refractivity contribution is 8.00. The molecule has 1 aliphatic carbocycles. The van der Waals surface area contributed by atoms with Crippen LogP contribution in [0.1, 0.15) is 24.8 Å². The average Bonchev–Trinajstić information content (AvgIpc) is 3.08. The molecule has 4 nitrogen and oxygen atoms in total. The second kappa shape index (κ2) is 9.17. The number of hydrogen-bond acceptors (Lipinski definition) is 5. The van der Waals surface area contributed by atoms with Crippen molar-refractivity contribution in [2.75, 3.05) is 5.32 Å². The van der Waals surface area contributed by atoms with Gasteiger partial charge in [0.25, 0.3) is 0 Å². The first-order chi connectivity index (χ1) is 12.2. The van der Waals surface area contributed by atoms with Crippen LogP contribution in [-0.2, 0) is 10.5 Å². The van der Waals surface area contributed by atoms with E-state index in [1.807, 2.05) is 30.3 Å². The number of carbonyl (C=O) groups is 1. The van der Waals surface area contributed by atoms with Gasteiger partial charge in [0, 0.05) is 10.8 Å². The van der Waals surface area contributed by atoms with Crippen LogP contribution >= 0.6 is 34.7 Å². The molecule has 0 spiro atoms. The van der Waals surface area contributed by atoms with E-state index in [2.05, 4.69) is 27.7 Å². The third-order valence-corrected chi connectivity index (χ3v) is 6.04. The molecule has 0 bridgehead atoms. The van der Waals surface area contributed by atoms with Crippen LogP contribution < -0.4 is 5.32 Å². The molecule has 130 valence electrons. The van der Waals surface area contributed by atoms with Gasteiger partial charge < -0.3 is 0 Å². The molecule has 1 heterocycles. The number of nitrogens with one attached hydrogen (secondary N) is 1. The average molecular weight is 392 g/mol. The van der Waals surface area contributed by atoms with Gasteiger partial charge in [-0.05, 0) is 49.0 Å². The van der Waals surface area contributed by atoms with Gasteiger partial charge in [-0.2, -0.15) is 0 Å². The second-order valence-corrected chi connectivity index (χ2v) is 8.32. The number of benzene rings is 1. The largest absolute Gasteiger partial charge is 0.297 e. The molecule has 1 unspecified atom stereocenters. The van der Waals surface area contributed by atoms with Crippen molar-refractivity contribution in [1.82, 2.24) is 10.2 Å². The second-order valence-electron chi connectivity index (χ2n) is 5.68. The molecule has 1 amide bonds. The van der Waals surface area contributed by atoms with E-state index in [1.165, 1.54) is 16.9 Å². The van der Waals surface area contributed by atoms with Gasteiger partial charge in [0.2, 0.25) is 11.0 Å². The number of thioether (sulfide) groups is 1. The number of amides is 1. The fourth-order valence-corrected chi connectivity index (χ4v) is 4.24. The summed E-state index contributed by atoms with van der Waals surface area (Å²) in [4.78, 5) is 12.0. The molecule has 1 atom stereocenters. The van der Waals surface area contributed by atoms with Crippen LogP contribution in [0.4, 0.5) is 5.13 Å². The Labute approximate surface area is 160 Å². The number of aromatic nitrogens is 2. The van der Waals surface area contributed by atoms with E-state index in [9.17, 15) is 4.79 Å². The number of carbonyl (C=O) groups excluding carboxylic acids is 1. The van der Waals surface area contributed by atoms with Crippen LogP contribution in [0.5, 0.6) is 0 Å². The van der Waals surface area contributed by atoms with Gasteiger partial charge in [-0.15, -0.1) is 10.2 Å². The highest BCUT2D eigenvalue weighted by Gasteiger charge is 2.09. The first-order valence-electron chi connectivity index (χ1n) is 8.04. The van der Waals surface area contributed by atoms with Crippen molar-refractivity contribution in [3.8, 4) is 0 Å². The maximum absolute atomic E-state index is 12.0. The third kappa shape index (κ3) is 5.99. The van der Waals surface area contributed by atoms with Gasteiger partial charge in [0.1, 0.15) is 0 Å². The smallest absolute Gasteiger partial charge is 0.249 e. The summed E-state index contributed by atoms with van der Waals surface area (Å²) < 4.78 is 0.826. The van der Waals surface area contributed by atoms with Crippen molar-refractivity contribution in [3.63, 3.8) is 0 Å². The Kier molecular flexibility index (Phi) is 6.67. The maximum atomic E-state index is 12.0. The lowest BCUT2D eigenvalue weighted by Crippen LogP contribution is -2.09. The predicted molar refractivity (Wildman–Crippen MR) is 105 cm³/mol. The van der Waals surface area contributed by atoms with E-state index < -0.39 is 0 Å². The number of hydrogen-bond donors (Lipinski definition) is 1. The molecule has 1 aliphatic rings. The number of nitrogens with zero attached hydrogens (tertiary/aromatic N) is 2. The molecule has 1 N–H and O–H groups in total. The number of anilines is 1. The fourth-order valence-electron chi connectivity index (χ4n) is 2.41. The summed E-state index contributed by atoms with van der Waals surface area (Å²) in [5, 5.41) is 12.2. The van der Waals surface area contributed by atoms with Crippen LogP contribution in [-0.4, -0.2) is 16.1 Å². The van der Waals surface area contributed by atoms with Gasteiger partial charge in [-0.25, -0.2) is 0 Å². The van der Waals surface area contributed by atoms with Crippen molar-refractivity contribution in [2.45, 2.75) is 29.4 Å². The third-order valence-electron chi connectivity index (χ3n) is 3.74. The predicted octanol–water partition coefficient (Wildman–Crippen LogP) is 5.33. The van der Waals surface area contributed by atoms with Crippen LogP contribution in [0.25, 0.3) is 0 Å². The van der Waals surface area contributed by atoms with Gasteiger partial charge in [0.05, 0.1) is 0 Å². The molecule has 0 saturated carbocycles. The van der Waals surface area contributed by atoms with Gasteiger partial charge >= 0.3 is 0 Å². The number of rotatable bonds is 6. The molecule has 0 radical (unpaired) electrons.